The highest BCUT2D eigenvalue weighted by Crippen LogP contribution is 2.28. The van der Waals surface area contributed by atoms with Crippen LogP contribution in [0.5, 0.6) is 0 Å². The first kappa shape index (κ1) is 17.9. The van der Waals surface area contributed by atoms with Gasteiger partial charge in [0.1, 0.15) is 0 Å². The summed E-state index contributed by atoms with van der Waals surface area (Å²) in [4.78, 5) is 24.7. The highest BCUT2D eigenvalue weighted by Gasteiger charge is 2.25. The average Bonchev–Trinajstić information content (AvgIpc) is 2.69. The van der Waals surface area contributed by atoms with Gasteiger partial charge in [-0.1, -0.05) is 60.7 Å². The van der Waals surface area contributed by atoms with Crippen LogP contribution in [0, 0.1) is 5.92 Å². The maximum absolute atomic E-state index is 12.5. The first-order valence-corrected chi connectivity index (χ1v) is 8.96. The number of allylic oxidation sites excluding steroid dienone is 2. The molecule has 0 bridgehead atoms. The molecular formula is C22H23NO3. The molecule has 1 amide bonds. The summed E-state index contributed by atoms with van der Waals surface area (Å²) in [6.07, 6.45) is 5.57. The number of rotatable bonds is 5. The number of hydrogen-bond acceptors (Lipinski definition) is 3. The summed E-state index contributed by atoms with van der Waals surface area (Å²) >= 11 is 0. The zero-order valence-corrected chi connectivity index (χ0v) is 14.9. The first-order chi connectivity index (χ1) is 12.6. The Balaban J connectivity index is 1.66. The second-order valence-corrected chi connectivity index (χ2v) is 6.46. The van der Waals surface area contributed by atoms with Gasteiger partial charge in [-0.15, -0.1) is 0 Å². The van der Waals surface area contributed by atoms with E-state index in [4.69, 9.17) is 4.74 Å². The molecule has 0 saturated carbocycles. The van der Waals surface area contributed by atoms with Crippen LogP contribution < -0.4 is 5.32 Å². The Bertz CT molecular complexity index is 798. The van der Waals surface area contributed by atoms with E-state index < -0.39 is 6.10 Å². The zero-order valence-electron chi connectivity index (χ0n) is 14.9. The first-order valence-electron chi connectivity index (χ1n) is 8.96. The van der Waals surface area contributed by atoms with Crippen LogP contribution in [-0.2, 0) is 14.3 Å². The number of hydrogen-bond donors (Lipinski definition) is 1. The largest absolute Gasteiger partial charge is 0.452 e. The number of para-hydroxylation sites is 1. The summed E-state index contributed by atoms with van der Waals surface area (Å²) in [5.74, 6) is -0.770. The van der Waals surface area contributed by atoms with Crippen molar-refractivity contribution in [2.45, 2.75) is 32.3 Å². The molecule has 3 rings (SSSR count). The molecule has 0 aromatic heterocycles. The van der Waals surface area contributed by atoms with Crippen molar-refractivity contribution in [3.8, 4) is 11.1 Å². The summed E-state index contributed by atoms with van der Waals surface area (Å²) in [6, 6.07) is 17.4. The van der Waals surface area contributed by atoms with Gasteiger partial charge in [0.15, 0.2) is 6.10 Å². The van der Waals surface area contributed by atoms with Gasteiger partial charge >= 0.3 is 5.97 Å². The quantitative estimate of drug-likeness (QED) is 0.635. The summed E-state index contributed by atoms with van der Waals surface area (Å²) in [6.45, 7) is 1.61. The highest BCUT2D eigenvalue weighted by molar-refractivity contribution is 5.98. The second kappa shape index (κ2) is 8.48. The second-order valence-electron chi connectivity index (χ2n) is 6.46. The van der Waals surface area contributed by atoms with Crippen LogP contribution in [0.3, 0.4) is 0 Å². The van der Waals surface area contributed by atoms with E-state index >= 15 is 0 Å². The SMILES string of the molecule is CC(OC(=O)C1CC=CCC1)C(=O)Nc1ccccc1-c1ccccc1. The van der Waals surface area contributed by atoms with Crippen LogP contribution in [0.15, 0.2) is 66.7 Å². The number of benzene rings is 2. The van der Waals surface area contributed by atoms with Gasteiger partial charge in [-0.3, -0.25) is 9.59 Å². The van der Waals surface area contributed by atoms with Gasteiger partial charge in [-0.25, -0.2) is 0 Å². The fraction of sp³-hybridized carbons (Fsp3) is 0.273. The van der Waals surface area contributed by atoms with E-state index in [-0.39, 0.29) is 17.8 Å². The van der Waals surface area contributed by atoms with E-state index in [9.17, 15) is 9.59 Å². The van der Waals surface area contributed by atoms with E-state index in [0.29, 0.717) is 12.1 Å². The number of ether oxygens (including phenoxy) is 1. The van der Waals surface area contributed by atoms with E-state index in [0.717, 1.165) is 24.0 Å². The van der Waals surface area contributed by atoms with E-state index in [1.165, 1.54) is 0 Å². The minimum absolute atomic E-state index is 0.146. The Labute approximate surface area is 153 Å². The monoisotopic (exact) mass is 349 g/mol. The highest BCUT2D eigenvalue weighted by atomic mass is 16.5. The molecule has 1 aliphatic carbocycles. The smallest absolute Gasteiger partial charge is 0.310 e. The Morgan fingerprint density at radius 2 is 1.77 bits per heavy atom. The molecule has 1 N–H and O–H groups in total. The minimum atomic E-state index is -0.836. The standard InChI is InChI=1S/C22H23NO3/c1-16(26-22(25)18-12-6-3-7-13-18)21(24)23-20-15-9-8-14-19(20)17-10-4-2-5-11-17/h2-6,8-11,14-16,18H,7,12-13H2,1H3,(H,23,24). The molecule has 0 fully saturated rings. The number of amides is 1. The van der Waals surface area contributed by atoms with Gasteiger partial charge in [0, 0.05) is 11.3 Å². The molecule has 4 nitrogen and oxygen atoms in total. The van der Waals surface area contributed by atoms with Crippen LogP contribution in [0.25, 0.3) is 11.1 Å². The molecule has 1 aliphatic rings. The van der Waals surface area contributed by atoms with Gasteiger partial charge in [-0.05, 0) is 37.8 Å². The Morgan fingerprint density at radius 1 is 1.04 bits per heavy atom. The van der Waals surface area contributed by atoms with Gasteiger partial charge < -0.3 is 10.1 Å². The van der Waals surface area contributed by atoms with Gasteiger partial charge in [0.05, 0.1) is 5.92 Å². The van der Waals surface area contributed by atoms with Crippen molar-refractivity contribution in [2.75, 3.05) is 5.32 Å². The van der Waals surface area contributed by atoms with Crippen LogP contribution in [0.4, 0.5) is 5.69 Å². The molecule has 4 heteroatoms. The molecule has 0 aliphatic heterocycles. The topological polar surface area (TPSA) is 55.4 Å². The van der Waals surface area contributed by atoms with E-state index in [1.54, 1.807) is 6.92 Å². The summed E-state index contributed by atoms with van der Waals surface area (Å²) < 4.78 is 5.38. The van der Waals surface area contributed by atoms with Crippen molar-refractivity contribution in [2.24, 2.45) is 5.92 Å². The van der Waals surface area contributed by atoms with Crippen molar-refractivity contribution in [1.82, 2.24) is 0 Å². The molecule has 2 aromatic rings. The normalized spacial score (nSPS) is 17.3. The predicted molar refractivity (Wildman–Crippen MR) is 103 cm³/mol. The molecule has 0 radical (unpaired) electrons. The average molecular weight is 349 g/mol. The third kappa shape index (κ3) is 4.39. The lowest BCUT2D eigenvalue weighted by Crippen LogP contribution is -2.32. The third-order valence-corrected chi connectivity index (χ3v) is 4.53. The van der Waals surface area contributed by atoms with Crippen LogP contribution in [0.1, 0.15) is 26.2 Å². The number of esters is 1. The van der Waals surface area contributed by atoms with Crippen molar-refractivity contribution >= 4 is 17.6 Å². The number of carbonyl (C=O) groups excluding carboxylic acids is 2. The molecule has 0 heterocycles. The Kier molecular flexibility index (Phi) is 5.84. The fourth-order valence-electron chi connectivity index (χ4n) is 3.03. The van der Waals surface area contributed by atoms with Gasteiger partial charge in [0.25, 0.3) is 5.91 Å². The zero-order chi connectivity index (χ0) is 18.4. The number of nitrogens with one attached hydrogen (secondary N) is 1. The summed E-state index contributed by atoms with van der Waals surface area (Å²) in [5.41, 5.74) is 2.65. The van der Waals surface area contributed by atoms with Crippen molar-refractivity contribution in [3.05, 3.63) is 66.7 Å². The van der Waals surface area contributed by atoms with Crippen LogP contribution in [-0.4, -0.2) is 18.0 Å². The molecule has 2 atom stereocenters. The fourth-order valence-corrected chi connectivity index (χ4v) is 3.03. The van der Waals surface area contributed by atoms with Crippen LogP contribution >= 0.6 is 0 Å². The van der Waals surface area contributed by atoms with Crippen molar-refractivity contribution in [3.63, 3.8) is 0 Å². The minimum Gasteiger partial charge on any atom is -0.452 e. The van der Waals surface area contributed by atoms with E-state index in [2.05, 4.69) is 11.4 Å². The maximum atomic E-state index is 12.5. The Hall–Kier alpha value is -2.88. The van der Waals surface area contributed by atoms with Gasteiger partial charge in [0.2, 0.25) is 0 Å². The third-order valence-electron chi connectivity index (χ3n) is 4.53. The predicted octanol–water partition coefficient (Wildman–Crippen LogP) is 4.58. The molecule has 0 saturated heterocycles. The number of carbonyl (C=O) groups is 2. The summed E-state index contributed by atoms with van der Waals surface area (Å²) in [7, 11) is 0. The van der Waals surface area contributed by atoms with E-state index in [1.807, 2.05) is 60.7 Å². The molecule has 134 valence electrons. The Morgan fingerprint density at radius 3 is 2.50 bits per heavy atom. The lowest BCUT2D eigenvalue weighted by Gasteiger charge is -2.20. The molecule has 2 aromatic carbocycles. The number of anilines is 1. The summed E-state index contributed by atoms with van der Waals surface area (Å²) in [5, 5.41) is 2.89. The lowest BCUT2D eigenvalue weighted by molar-refractivity contribution is -0.157. The molecular weight excluding hydrogens is 326 g/mol. The maximum Gasteiger partial charge on any atom is 0.310 e. The van der Waals surface area contributed by atoms with Crippen molar-refractivity contribution < 1.29 is 14.3 Å². The molecule has 2 unspecified atom stereocenters. The van der Waals surface area contributed by atoms with Crippen molar-refractivity contribution in [1.29, 1.82) is 0 Å². The lowest BCUT2D eigenvalue weighted by atomic mass is 9.95. The molecule has 26 heavy (non-hydrogen) atoms. The molecule has 0 spiro atoms. The van der Waals surface area contributed by atoms with Gasteiger partial charge in [-0.2, -0.15) is 0 Å². The van der Waals surface area contributed by atoms with Crippen LogP contribution in [0.2, 0.25) is 0 Å².